The first-order chi connectivity index (χ1) is 8.63. The molecule has 0 saturated carbocycles. The second-order valence-electron chi connectivity index (χ2n) is 4.21. The maximum Gasteiger partial charge on any atom is 0.126 e. The summed E-state index contributed by atoms with van der Waals surface area (Å²) in [7, 11) is 0. The van der Waals surface area contributed by atoms with Crippen LogP contribution in [0.15, 0.2) is 35.2 Å². The van der Waals surface area contributed by atoms with Crippen LogP contribution in [0.4, 0.5) is 0 Å². The van der Waals surface area contributed by atoms with Crippen LogP contribution in [0.5, 0.6) is 0 Å². The van der Waals surface area contributed by atoms with Gasteiger partial charge >= 0.3 is 0 Å². The van der Waals surface area contributed by atoms with Crippen molar-refractivity contribution in [3.63, 3.8) is 0 Å². The van der Waals surface area contributed by atoms with Crippen molar-refractivity contribution >= 4 is 11.8 Å². The third-order valence-electron chi connectivity index (χ3n) is 2.92. The Morgan fingerprint density at radius 2 is 1.83 bits per heavy atom. The second-order valence-corrected chi connectivity index (χ2v) is 5.39. The number of hydrogen-bond acceptors (Lipinski definition) is 6. The molecule has 6 heteroatoms. The van der Waals surface area contributed by atoms with Crippen LogP contribution >= 0.6 is 11.8 Å². The predicted molar refractivity (Wildman–Crippen MR) is 68.0 cm³/mol. The van der Waals surface area contributed by atoms with Crippen LogP contribution in [0.1, 0.15) is 0 Å². The van der Waals surface area contributed by atoms with Crippen LogP contribution in [0.2, 0.25) is 0 Å². The Balaban J connectivity index is 2.08. The van der Waals surface area contributed by atoms with E-state index < -0.39 is 29.8 Å². The van der Waals surface area contributed by atoms with Gasteiger partial charge in [-0.3, -0.25) is 0 Å². The van der Waals surface area contributed by atoms with Gasteiger partial charge in [0.15, 0.2) is 0 Å². The van der Waals surface area contributed by atoms with Crippen LogP contribution in [0.3, 0.4) is 0 Å². The van der Waals surface area contributed by atoms with Gasteiger partial charge in [-0.15, -0.1) is 0 Å². The third kappa shape index (κ3) is 2.85. The van der Waals surface area contributed by atoms with Gasteiger partial charge in [0.1, 0.15) is 23.7 Å². The third-order valence-corrected chi connectivity index (χ3v) is 4.13. The van der Waals surface area contributed by atoms with Crippen LogP contribution in [0, 0.1) is 0 Å². The normalized spacial score (nSPS) is 36.6. The molecular weight excluding hydrogens is 254 g/mol. The van der Waals surface area contributed by atoms with E-state index in [-0.39, 0.29) is 6.61 Å². The number of ether oxygens (including phenoxy) is 1. The standard InChI is InChI=1S/C12H17NO4S/c13-9-11(16)10(15)8(6-14)17-12(9)18-7-4-2-1-3-5-7/h1-5,8-12,14-16H,6,13H2/t8-,9-,10-,11-,12+/m1/s1. The smallest absolute Gasteiger partial charge is 0.126 e. The summed E-state index contributed by atoms with van der Waals surface area (Å²) in [6.45, 7) is -0.350. The molecule has 0 unspecified atom stereocenters. The number of rotatable bonds is 3. The first-order valence-corrected chi connectivity index (χ1v) is 6.61. The molecule has 100 valence electrons. The van der Waals surface area contributed by atoms with E-state index in [9.17, 15) is 10.2 Å². The summed E-state index contributed by atoms with van der Waals surface area (Å²) < 4.78 is 5.51. The summed E-state index contributed by atoms with van der Waals surface area (Å²) in [4.78, 5) is 0.957. The predicted octanol–water partition coefficient (Wildman–Crippen LogP) is -0.455. The Labute approximate surface area is 110 Å². The average Bonchev–Trinajstić information content (AvgIpc) is 2.40. The fraction of sp³-hybridized carbons (Fsp3) is 0.500. The van der Waals surface area contributed by atoms with Crippen LogP contribution in [0.25, 0.3) is 0 Å². The van der Waals surface area contributed by atoms with E-state index >= 15 is 0 Å². The minimum atomic E-state index is -1.15. The van der Waals surface area contributed by atoms with Gasteiger partial charge < -0.3 is 25.8 Å². The second kappa shape index (κ2) is 6.01. The molecule has 1 aromatic carbocycles. The summed E-state index contributed by atoms with van der Waals surface area (Å²) in [6.07, 6.45) is -3.06. The van der Waals surface area contributed by atoms with E-state index in [1.807, 2.05) is 30.3 Å². The first-order valence-electron chi connectivity index (χ1n) is 5.73. The van der Waals surface area contributed by atoms with Gasteiger partial charge in [0.2, 0.25) is 0 Å². The topological polar surface area (TPSA) is 95.9 Å². The van der Waals surface area contributed by atoms with Gasteiger partial charge in [-0.2, -0.15) is 0 Å². The Morgan fingerprint density at radius 3 is 2.44 bits per heavy atom. The van der Waals surface area contributed by atoms with E-state index in [4.69, 9.17) is 15.6 Å². The maximum absolute atomic E-state index is 9.82. The zero-order valence-corrected chi connectivity index (χ0v) is 10.5. The Kier molecular flexibility index (Phi) is 4.60. The highest BCUT2D eigenvalue weighted by atomic mass is 32.2. The van der Waals surface area contributed by atoms with E-state index in [2.05, 4.69) is 0 Å². The number of hydrogen-bond donors (Lipinski definition) is 4. The lowest BCUT2D eigenvalue weighted by Gasteiger charge is -2.40. The molecule has 1 heterocycles. The van der Waals surface area contributed by atoms with Crippen molar-refractivity contribution in [3.05, 3.63) is 30.3 Å². The molecule has 5 atom stereocenters. The van der Waals surface area contributed by atoms with Gasteiger partial charge in [0.05, 0.1) is 12.6 Å². The summed E-state index contributed by atoms with van der Waals surface area (Å²) in [5.74, 6) is 0. The number of aliphatic hydroxyl groups excluding tert-OH is 3. The summed E-state index contributed by atoms with van der Waals surface area (Å²) in [5.41, 5.74) is 5.34. The van der Waals surface area contributed by atoms with Crippen molar-refractivity contribution in [1.29, 1.82) is 0 Å². The molecule has 18 heavy (non-hydrogen) atoms. The number of nitrogens with two attached hydrogens (primary N) is 1. The lowest BCUT2D eigenvalue weighted by Crippen LogP contribution is -2.60. The summed E-state index contributed by atoms with van der Waals surface area (Å²) in [5, 5.41) is 28.6. The molecule has 0 aliphatic carbocycles. The van der Waals surface area contributed by atoms with Crippen LogP contribution < -0.4 is 5.73 Å². The summed E-state index contributed by atoms with van der Waals surface area (Å²) in [6, 6.07) is 8.81. The van der Waals surface area contributed by atoms with E-state index in [1.165, 1.54) is 11.8 Å². The molecule has 1 aliphatic rings. The van der Waals surface area contributed by atoms with Crippen molar-refractivity contribution in [1.82, 2.24) is 0 Å². The SMILES string of the molecule is N[C@@H]1[C@@H](O)[C@H](O)[C@@H](CO)O[C@H]1Sc1ccccc1. The molecule has 0 spiro atoms. The van der Waals surface area contributed by atoms with Crippen LogP contribution in [-0.4, -0.2) is 51.7 Å². The lowest BCUT2D eigenvalue weighted by molar-refractivity contribution is -0.165. The zero-order chi connectivity index (χ0) is 13.1. The highest BCUT2D eigenvalue weighted by molar-refractivity contribution is 7.99. The van der Waals surface area contributed by atoms with Gasteiger partial charge in [0, 0.05) is 4.90 Å². The van der Waals surface area contributed by atoms with Crippen molar-refractivity contribution < 1.29 is 20.1 Å². The molecule has 5 nitrogen and oxygen atoms in total. The molecule has 1 saturated heterocycles. The van der Waals surface area contributed by atoms with Gasteiger partial charge in [0.25, 0.3) is 0 Å². The molecule has 1 aliphatic heterocycles. The monoisotopic (exact) mass is 271 g/mol. The molecule has 0 bridgehead atoms. The minimum absolute atomic E-state index is 0.350. The number of thioether (sulfide) groups is 1. The Bertz CT molecular complexity index is 376. The number of benzene rings is 1. The fourth-order valence-electron chi connectivity index (χ4n) is 1.84. The molecule has 0 radical (unpaired) electrons. The number of aliphatic hydroxyl groups is 3. The van der Waals surface area contributed by atoms with E-state index in [0.29, 0.717) is 0 Å². The van der Waals surface area contributed by atoms with Gasteiger partial charge in [-0.05, 0) is 12.1 Å². The maximum atomic E-state index is 9.82. The molecular formula is C12H17NO4S. The Hall–Kier alpha value is -0.630. The molecule has 1 aromatic rings. The summed E-state index contributed by atoms with van der Waals surface area (Å²) >= 11 is 1.37. The van der Waals surface area contributed by atoms with E-state index in [1.54, 1.807) is 0 Å². The molecule has 0 aromatic heterocycles. The van der Waals surface area contributed by atoms with Crippen molar-refractivity contribution in [2.75, 3.05) is 6.61 Å². The van der Waals surface area contributed by atoms with Crippen molar-refractivity contribution in [3.8, 4) is 0 Å². The van der Waals surface area contributed by atoms with Gasteiger partial charge in [-0.25, -0.2) is 0 Å². The van der Waals surface area contributed by atoms with Crippen molar-refractivity contribution in [2.45, 2.75) is 34.7 Å². The van der Waals surface area contributed by atoms with E-state index in [0.717, 1.165) is 4.90 Å². The molecule has 2 rings (SSSR count). The lowest BCUT2D eigenvalue weighted by atomic mass is 9.99. The van der Waals surface area contributed by atoms with Gasteiger partial charge in [-0.1, -0.05) is 30.0 Å². The Morgan fingerprint density at radius 1 is 1.17 bits per heavy atom. The zero-order valence-electron chi connectivity index (χ0n) is 9.72. The minimum Gasteiger partial charge on any atom is -0.394 e. The highest BCUT2D eigenvalue weighted by Gasteiger charge is 2.42. The first kappa shape index (κ1) is 13.8. The molecule has 1 fully saturated rings. The van der Waals surface area contributed by atoms with Crippen molar-refractivity contribution in [2.24, 2.45) is 5.73 Å². The molecule has 5 N–H and O–H groups in total. The fourth-order valence-corrected chi connectivity index (χ4v) is 2.94. The largest absolute Gasteiger partial charge is 0.394 e. The molecule has 0 amide bonds. The average molecular weight is 271 g/mol. The van der Waals surface area contributed by atoms with Crippen LogP contribution in [-0.2, 0) is 4.74 Å². The highest BCUT2D eigenvalue weighted by Crippen LogP contribution is 2.32. The quantitative estimate of drug-likeness (QED) is 0.594.